The van der Waals surface area contributed by atoms with Gasteiger partial charge in [0.1, 0.15) is 0 Å². The molecule has 0 radical (unpaired) electrons. The molecule has 140 valence electrons. The summed E-state index contributed by atoms with van der Waals surface area (Å²) in [5.41, 5.74) is 8.74. The lowest BCUT2D eigenvalue weighted by atomic mass is 10.2. The van der Waals surface area contributed by atoms with E-state index in [2.05, 4.69) is 14.9 Å². The van der Waals surface area contributed by atoms with Crippen molar-refractivity contribution in [3.8, 4) is 0 Å². The maximum Gasteiger partial charge on any atom is 0.261 e. The van der Waals surface area contributed by atoms with Gasteiger partial charge in [-0.15, -0.1) is 0 Å². The van der Waals surface area contributed by atoms with Gasteiger partial charge in [-0.1, -0.05) is 17.7 Å². The van der Waals surface area contributed by atoms with Crippen molar-refractivity contribution in [2.24, 2.45) is 0 Å². The SMILES string of the molecule is Cc1ccc(Cl)cc1NS(=O)(=O)c1ccc(N2CCCNCC2)c(N)c1. The molecule has 0 saturated carbocycles. The van der Waals surface area contributed by atoms with Gasteiger partial charge in [0.15, 0.2) is 0 Å². The van der Waals surface area contributed by atoms with E-state index in [1.165, 1.54) is 6.07 Å². The Hall–Kier alpha value is -1.96. The number of rotatable bonds is 4. The minimum absolute atomic E-state index is 0.131. The quantitative estimate of drug-likeness (QED) is 0.694. The topological polar surface area (TPSA) is 87.5 Å². The Morgan fingerprint density at radius 2 is 1.96 bits per heavy atom. The molecule has 8 heteroatoms. The maximum absolute atomic E-state index is 12.7. The van der Waals surface area contributed by atoms with Crippen molar-refractivity contribution in [1.29, 1.82) is 0 Å². The Balaban J connectivity index is 1.86. The van der Waals surface area contributed by atoms with Gasteiger partial charge in [-0.3, -0.25) is 4.72 Å². The number of anilines is 3. The number of nitrogens with zero attached hydrogens (tertiary/aromatic N) is 1. The van der Waals surface area contributed by atoms with Crippen molar-refractivity contribution in [3.05, 3.63) is 47.0 Å². The van der Waals surface area contributed by atoms with Gasteiger partial charge in [0, 0.05) is 24.7 Å². The van der Waals surface area contributed by atoms with Crippen LogP contribution in [0.25, 0.3) is 0 Å². The average Bonchev–Trinajstić information content (AvgIpc) is 2.87. The van der Waals surface area contributed by atoms with E-state index in [9.17, 15) is 8.42 Å². The molecular weight excluding hydrogens is 372 g/mol. The highest BCUT2D eigenvalue weighted by Crippen LogP contribution is 2.29. The number of halogens is 1. The van der Waals surface area contributed by atoms with Crippen LogP contribution < -0.4 is 20.7 Å². The van der Waals surface area contributed by atoms with Crippen LogP contribution in [0, 0.1) is 6.92 Å². The molecule has 0 aromatic heterocycles. The van der Waals surface area contributed by atoms with Gasteiger partial charge in [-0.05, 0) is 55.8 Å². The van der Waals surface area contributed by atoms with E-state index in [1.54, 1.807) is 30.3 Å². The lowest BCUT2D eigenvalue weighted by Crippen LogP contribution is -2.28. The predicted molar refractivity (Wildman–Crippen MR) is 108 cm³/mol. The fourth-order valence-electron chi connectivity index (χ4n) is 2.98. The van der Waals surface area contributed by atoms with Crippen LogP contribution in [0.2, 0.25) is 5.02 Å². The minimum atomic E-state index is -3.75. The summed E-state index contributed by atoms with van der Waals surface area (Å²) in [7, 11) is -3.75. The molecule has 26 heavy (non-hydrogen) atoms. The predicted octanol–water partition coefficient (Wildman–Crippen LogP) is 2.83. The summed E-state index contributed by atoms with van der Waals surface area (Å²) < 4.78 is 28.0. The number of hydrogen-bond acceptors (Lipinski definition) is 5. The molecule has 6 nitrogen and oxygen atoms in total. The van der Waals surface area contributed by atoms with Crippen LogP contribution in [0.5, 0.6) is 0 Å². The van der Waals surface area contributed by atoms with Crippen LogP contribution in [-0.2, 0) is 10.0 Å². The number of aryl methyl sites for hydroxylation is 1. The lowest BCUT2D eigenvalue weighted by molar-refractivity contribution is 0.601. The number of hydrogen-bond donors (Lipinski definition) is 3. The molecule has 0 bridgehead atoms. The van der Waals surface area contributed by atoms with E-state index >= 15 is 0 Å². The van der Waals surface area contributed by atoms with Crippen molar-refractivity contribution in [2.45, 2.75) is 18.2 Å². The van der Waals surface area contributed by atoms with Crippen molar-refractivity contribution >= 4 is 38.7 Å². The van der Waals surface area contributed by atoms with E-state index in [4.69, 9.17) is 17.3 Å². The second-order valence-corrected chi connectivity index (χ2v) is 8.49. The second-order valence-electron chi connectivity index (χ2n) is 6.38. The van der Waals surface area contributed by atoms with Gasteiger partial charge in [-0.2, -0.15) is 0 Å². The molecule has 0 unspecified atom stereocenters. The van der Waals surface area contributed by atoms with Gasteiger partial charge in [0.25, 0.3) is 10.0 Å². The first-order valence-corrected chi connectivity index (χ1v) is 10.4. The molecular formula is C18H23ClN4O2S. The highest BCUT2D eigenvalue weighted by atomic mass is 35.5. The molecule has 1 aliphatic heterocycles. The van der Waals surface area contributed by atoms with Crippen LogP contribution in [-0.4, -0.2) is 34.6 Å². The van der Waals surface area contributed by atoms with E-state index < -0.39 is 10.0 Å². The Morgan fingerprint density at radius 1 is 1.15 bits per heavy atom. The van der Waals surface area contributed by atoms with Crippen LogP contribution >= 0.6 is 11.6 Å². The van der Waals surface area contributed by atoms with Crippen LogP contribution in [0.1, 0.15) is 12.0 Å². The average molecular weight is 395 g/mol. The zero-order chi connectivity index (χ0) is 18.7. The first-order valence-electron chi connectivity index (χ1n) is 8.51. The maximum atomic E-state index is 12.7. The number of nitrogens with two attached hydrogens (primary N) is 1. The Labute approximate surface area is 159 Å². The van der Waals surface area contributed by atoms with Gasteiger partial charge in [-0.25, -0.2) is 8.42 Å². The van der Waals surface area contributed by atoms with Gasteiger partial charge in [0.2, 0.25) is 0 Å². The van der Waals surface area contributed by atoms with E-state index in [1.807, 2.05) is 6.92 Å². The second kappa shape index (κ2) is 7.73. The summed E-state index contributed by atoms with van der Waals surface area (Å²) in [6.07, 6.45) is 1.02. The standard InChI is InChI=1S/C18H23ClN4O2S/c1-13-3-4-14(19)11-17(13)22-26(24,25)15-5-6-18(16(20)12-15)23-9-2-7-21-8-10-23/h3-6,11-12,21-22H,2,7-10,20H2,1H3. The van der Waals surface area contributed by atoms with Gasteiger partial charge in [0.05, 0.1) is 22.0 Å². The molecule has 2 aromatic rings. The number of sulfonamides is 1. The summed E-state index contributed by atoms with van der Waals surface area (Å²) in [6, 6.07) is 9.96. The monoisotopic (exact) mass is 394 g/mol. The van der Waals surface area contributed by atoms with Crippen molar-refractivity contribution in [2.75, 3.05) is 41.5 Å². The molecule has 3 rings (SSSR count). The smallest absolute Gasteiger partial charge is 0.261 e. The summed E-state index contributed by atoms with van der Waals surface area (Å²) >= 11 is 5.97. The van der Waals surface area contributed by atoms with Gasteiger partial charge >= 0.3 is 0 Å². The summed E-state index contributed by atoms with van der Waals surface area (Å²) in [5, 5.41) is 3.81. The largest absolute Gasteiger partial charge is 0.397 e. The zero-order valence-electron chi connectivity index (χ0n) is 14.6. The first-order chi connectivity index (χ1) is 12.4. The third-order valence-corrected chi connectivity index (χ3v) is 6.03. The molecule has 1 fully saturated rings. The Kier molecular flexibility index (Phi) is 5.60. The molecule has 1 heterocycles. The van der Waals surface area contributed by atoms with Crippen LogP contribution in [0.3, 0.4) is 0 Å². The summed E-state index contributed by atoms with van der Waals surface area (Å²) in [6.45, 7) is 5.42. The third kappa shape index (κ3) is 4.23. The normalized spacial score (nSPS) is 15.5. The number of nitrogens with one attached hydrogen (secondary N) is 2. The van der Waals surface area contributed by atoms with Crippen LogP contribution in [0.15, 0.2) is 41.3 Å². The van der Waals surface area contributed by atoms with Crippen molar-refractivity contribution in [3.63, 3.8) is 0 Å². The lowest BCUT2D eigenvalue weighted by Gasteiger charge is -2.24. The number of benzene rings is 2. The van der Waals surface area contributed by atoms with Gasteiger partial charge < -0.3 is 16.0 Å². The summed E-state index contributed by atoms with van der Waals surface area (Å²) in [5.74, 6) is 0. The molecule has 0 aliphatic carbocycles. The van der Waals surface area contributed by atoms with E-state index in [0.717, 1.165) is 43.9 Å². The molecule has 0 amide bonds. The minimum Gasteiger partial charge on any atom is -0.397 e. The fraction of sp³-hybridized carbons (Fsp3) is 0.333. The van der Waals surface area contributed by atoms with Crippen LogP contribution in [0.4, 0.5) is 17.1 Å². The van der Waals surface area contributed by atoms with E-state index in [0.29, 0.717) is 16.4 Å². The molecule has 1 saturated heterocycles. The molecule has 4 N–H and O–H groups in total. The summed E-state index contributed by atoms with van der Waals surface area (Å²) in [4.78, 5) is 2.31. The molecule has 0 atom stereocenters. The molecule has 0 spiro atoms. The molecule has 1 aliphatic rings. The highest BCUT2D eigenvalue weighted by molar-refractivity contribution is 7.92. The Morgan fingerprint density at radius 3 is 2.73 bits per heavy atom. The first kappa shape index (κ1) is 18.8. The number of nitrogen functional groups attached to an aromatic ring is 1. The zero-order valence-corrected chi connectivity index (χ0v) is 16.2. The van der Waals surface area contributed by atoms with Crippen molar-refractivity contribution in [1.82, 2.24) is 5.32 Å². The fourth-order valence-corrected chi connectivity index (χ4v) is 4.31. The third-order valence-electron chi connectivity index (χ3n) is 4.43. The van der Waals surface area contributed by atoms with E-state index in [-0.39, 0.29) is 4.90 Å². The Bertz CT molecular complexity index is 894. The van der Waals surface area contributed by atoms with Crippen molar-refractivity contribution < 1.29 is 8.42 Å². The highest BCUT2D eigenvalue weighted by Gasteiger charge is 2.19. The molecule has 2 aromatic carbocycles.